The van der Waals surface area contributed by atoms with Crippen molar-refractivity contribution in [2.24, 2.45) is 17.6 Å². The van der Waals surface area contributed by atoms with Gasteiger partial charge < -0.3 is 25.8 Å². The van der Waals surface area contributed by atoms with Gasteiger partial charge in [0.25, 0.3) is 0 Å². The average Bonchev–Trinajstić information content (AvgIpc) is 2.70. The molecule has 31 heavy (non-hydrogen) atoms. The molecule has 9 nitrogen and oxygen atoms in total. The number of rotatable bonds is 12. The fourth-order valence-corrected chi connectivity index (χ4v) is 2.96. The van der Waals surface area contributed by atoms with Crippen molar-refractivity contribution in [3.63, 3.8) is 0 Å². The number of esters is 1. The number of carbonyl (C=O) groups is 4. The molecule has 0 aliphatic heterocycles. The number of benzene rings is 1. The summed E-state index contributed by atoms with van der Waals surface area (Å²) in [7, 11) is 0. The molecule has 0 bridgehead atoms. The van der Waals surface area contributed by atoms with Crippen LogP contribution >= 0.6 is 0 Å². The molecule has 1 aromatic carbocycles. The Labute approximate surface area is 183 Å². The van der Waals surface area contributed by atoms with E-state index in [4.69, 9.17) is 15.2 Å². The van der Waals surface area contributed by atoms with Crippen LogP contribution in [-0.4, -0.2) is 42.6 Å². The third-order valence-corrected chi connectivity index (χ3v) is 4.50. The van der Waals surface area contributed by atoms with Crippen LogP contribution in [0.1, 0.15) is 46.1 Å². The van der Waals surface area contributed by atoms with E-state index in [1.165, 1.54) is 0 Å². The molecular weight excluding hydrogens is 402 g/mol. The molecule has 0 saturated heterocycles. The van der Waals surface area contributed by atoms with Crippen LogP contribution in [0.3, 0.4) is 0 Å². The van der Waals surface area contributed by atoms with Crippen molar-refractivity contribution >= 4 is 23.9 Å². The summed E-state index contributed by atoms with van der Waals surface area (Å²) in [4.78, 5) is 48.6. The van der Waals surface area contributed by atoms with Gasteiger partial charge in [0.2, 0.25) is 11.8 Å². The van der Waals surface area contributed by atoms with E-state index >= 15 is 0 Å². The monoisotopic (exact) mass is 435 g/mol. The van der Waals surface area contributed by atoms with E-state index in [9.17, 15) is 19.2 Å². The maximum absolute atomic E-state index is 12.8. The van der Waals surface area contributed by atoms with Gasteiger partial charge in [-0.25, -0.2) is 4.79 Å². The molecule has 0 unspecified atom stereocenters. The van der Waals surface area contributed by atoms with Gasteiger partial charge in [-0.3, -0.25) is 14.4 Å². The molecule has 172 valence electrons. The number of amides is 3. The Hall–Kier alpha value is -3.10. The van der Waals surface area contributed by atoms with Crippen LogP contribution in [0.25, 0.3) is 0 Å². The number of hydrogen-bond acceptors (Lipinski definition) is 6. The number of ether oxygens (including phenoxy) is 2. The minimum absolute atomic E-state index is 0.0587. The van der Waals surface area contributed by atoms with Crippen molar-refractivity contribution < 1.29 is 28.7 Å². The van der Waals surface area contributed by atoms with Crippen LogP contribution in [0, 0.1) is 11.8 Å². The van der Waals surface area contributed by atoms with Gasteiger partial charge in [-0.2, -0.15) is 0 Å². The maximum atomic E-state index is 12.8. The first kappa shape index (κ1) is 25.9. The lowest BCUT2D eigenvalue weighted by atomic mass is 9.96. The first-order valence-corrected chi connectivity index (χ1v) is 10.4. The van der Waals surface area contributed by atoms with E-state index in [1.54, 1.807) is 13.8 Å². The predicted octanol–water partition coefficient (Wildman–Crippen LogP) is 1.89. The molecule has 0 heterocycles. The normalized spacial score (nSPS) is 13.6. The van der Waals surface area contributed by atoms with Gasteiger partial charge in [-0.1, -0.05) is 51.1 Å². The Bertz CT molecular complexity index is 738. The van der Waals surface area contributed by atoms with Crippen molar-refractivity contribution in [3.8, 4) is 0 Å². The second-order valence-corrected chi connectivity index (χ2v) is 7.76. The van der Waals surface area contributed by atoms with Crippen LogP contribution in [0.2, 0.25) is 0 Å². The number of hydrogen-bond donors (Lipinski definition) is 3. The zero-order valence-corrected chi connectivity index (χ0v) is 18.6. The molecule has 0 radical (unpaired) electrons. The Balaban J connectivity index is 2.76. The van der Waals surface area contributed by atoms with Crippen LogP contribution in [0.5, 0.6) is 0 Å². The van der Waals surface area contributed by atoms with Crippen LogP contribution in [0.15, 0.2) is 30.3 Å². The highest BCUT2D eigenvalue weighted by Crippen LogP contribution is 2.12. The minimum Gasteiger partial charge on any atom is -0.466 e. The first-order chi connectivity index (χ1) is 14.6. The van der Waals surface area contributed by atoms with Crippen molar-refractivity contribution in [1.29, 1.82) is 0 Å². The summed E-state index contributed by atoms with van der Waals surface area (Å²) in [5, 5.41) is 5.10. The van der Waals surface area contributed by atoms with Gasteiger partial charge in [-0.15, -0.1) is 0 Å². The number of alkyl carbamates (subject to hydrolysis) is 1. The number of primary amides is 1. The van der Waals surface area contributed by atoms with Gasteiger partial charge >= 0.3 is 12.1 Å². The van der Waals surface area contributed by atoms with Gasteiger partial charge in [0.05, 0.1) is 13.0 Å². The molecule has 9 heteroatoms. The molecule has 1 aromatic rings. The maximum Gasteiger partial charge on any atom is 0.408 e. The third kappa shape index (κ3) is 9.97. The molecule has 4 N–H and O–H groups in total. The molecule has 0 saturated carbocycles. The summed E-state index contributed by atoms with van der Waals surface area (Å²) in [5.74, 6) is -2.35. The lowest BCUT2D eigenvalue weighted by Crippen LogP contribution is -2.55. The Morgan fingerprint density at radius 1 is 1.00 bits per heavy atom. The number of nitrogens with one attached hydrogen (secondary N) is 2. The van der Waals surface area contributed by atoms with Gasteiger partial charge in [-0.05, 0) is 30.7 Å². The Kier molecular flexibility index (Phi) is 11.1. The highest BCUT2D eigenvalue weighted by molar-refractivity contribution is 5.91. The minimum atomic E-state index is -1.09. The third-order valence-electron chi connectivity index (χ3n) is 4.50. The van der Waals surface area contributed by atoms with E-state index < -0.39 is 41.9 Å². The Morgan fingerprint density at radius 3 is 2.19 bits per heavy atom. The van der Waals surface area contributed by atoms with Crippen LogP contribution in [-0.2, 0) is 30.5 Å². The topological polar surface area (TPSA) is 137 Å². The van der Waals surface area contributed by atoms with Crippen LogP contribution < -0.4 is 16.4 Å². The fourth-order valence-electron chi connectivity index (χ4n) is 2.96. The number of nitrogens with two attached hydrogens (primary N) is 1. The summed E-state index contributed by atoms with van der Waals surface area (Å²) in [6, 6.07) is 7.11. The zero-order chi connectivity index (χ0) is 23.4. The van der Waals surface area contributed by atoms with Crippen molar-refractivity contribution in [3.05, 3.63) is 35.9 Å². The summed E-state index contributed by atoms with van der Waals surface area (Å²) < 4.78 is 10.1. The largest absolute Gasteiger partial charge is 0.466 e. The molecule has 3 amide bonds. The molecule has 0 spiro atoms. The zero-order valence-electron chi connectivity index (χ0n) is 18.6. The average molecular weight is 436 g/mol. The molecule has 0 aromatic heterocycles. The van der Waals surface area contributed by atoms with E-state index in [2.05, 4.69) is 10.6 Å². The lowest BCUT2D eigenvalue weighted by Gasteiger charge is -2.25. The quantitative estimate of drug-likeness (QED) is 0.429. The van der Waals surface area contributed by atoms with Crippen LogP contribution in [0.4, 0.5) is 4.79 Å². The predicted molar refractivity (Wildman–Crippen MR) is 115 cm³/mol. The van der Waals surface area contributed by atoms with Crippen molar-refractivity contribution in [2.45, 2.75) is 59.2 Å². The smallest absolute Gasteiger partial charge is 0.408 e. The molecule has 0 aliphatic carbocycles. The lowest BCUT2D eigenvalue weighted by molar-refractivity contribution is -0.145. The van der Waals surface area contributed by atoms with Gasteiger partial charge in [0.1, 0.15) is 18.7 Å². The van der Waals surface area contributed by atoms with Gasteiger partial charge in [0.15, 0.2) is 0 Å². The van der Waals surface area contributed by atoms with E-state index in [-0.39, 0.29) is 25.6 Å². The van der Waals surface area contributed by atoms with E-state index in [0.29, 0.717) is 6.42 Å². The first-order valence-electron chi connectivity index (χ1n) is 10.4. The summed E-state index contributed by atoms with van der Waals surface area (Å²) >= 11 is 0. The number of carbonyl (C=O) groups excluding carboxylic acids is 4. The highest BCUT2D eigenvalue weighted by Gasteiger charge is 2.31. The second kappa shape index (κ2) is 13.3. The molecule has 0 fully saturated rings. The van der Waals surface area contributed by atoms with E-state index in [1.807, 2.05) is 44.2 Å². The van der Waals surface area contributed by atoms with E-state index in [0.717, 1.165) is 5.56 Å². The second-order valence-electron chi connectivity index (χ2n) is 7.76. The SMILES string of the molecule is CCOC(=O)C[C@@H](C)[C@H](NC(=O)[C@H](CC(C)C)NC(=O)OCc1ccccc1)C(N)=O. The van der Waals surface area contributed by atoms with Crippen molar-refractivity contribution in [2.75, 3.05) is 6.61 Å². The molecule has 3 atom stereocenters. The summed E-state index contributed by atoms with van der Waals surface area (Å²) in [5.41, 5.74) is 6.24. The molecular formula is C22H33N3O6. The molecule has 1 rings (SSSR count). The summed E-state index contributed by atoms with van der Waals surface area (Å²) in [6.45, 7) is 7.35. The highest BCUT2D eigenvalue weighted by atomic mass is 16.5. The standard InChI is InChI=1S/C22H33N3O6/c1-5-30-18(26)12-15(4)19(20(23)27)25-21(28)17(11-14(2)3)24-22(29)31-13-16-9-7-6-8-10-16/h6-10,14-15,17,19H,5,11-13H2,1-4H3,(H2,23,27)(H,24,29)(H,25,28)/t15-,17+,19+/m1/s1. The fraction of sp³-hybridized carbons (Fsp3) is 0.545. The Morgan fingerprint density at radius 2 is 1.65 bits per heavy atom. The van der Waals surface area contributed by atoms with Gasteiger partial charge in [0, 0.05) is 0 Å². The van der Waals surface area contributed by atoms with Crippen molar-refractivity contribution in [1.82, 2.24) is 10.6 Å². The summed E-state index contributed by atoms with van der Waals surface area (Å²) in [6.07, 6.45) is -0.507. The molecule has 0 aliphatic rings.